The van der Waals surface area contributed by atoms with E-state index in [2.05, 4.69) is 32.4 Å². The van der Waals surface area contributed by atoms with Crippen molar-refractivity contribution < 1.29 is 0 Å². The van der Waals surface area contributed by atoms with Crippen LogP contribution in [-0.2, 0) is 6.54 Å². The van der Waals surface area contributed by atoms with Crippen LogP contribution in [0.3, 0.4) is 0 Å². The first-order valence-electron chi connectivity index (χ1n) is 6.32. The number of benzene rings is 1. The molecule has 102 valence electrons. The van der Waals surface area contributed by atoms with Crippen molar-refractivity contribution >= 4 is 33.3 Å². The standard InChI is InChI=1S/C14H17BrClN3/c1-3-4-7-19-9(2)18-13(14(19)17)11-8-10(16)5-6-12(11)15/h5-6,8H,3-4,7,17H2,1-2H3. The number of unbranched alkanes of at least 4 members (excludes halogenated alkanes) is 1. The first kappa shape index (κ1) is 14.4. The van der Waals surface area contributed by atoms with Crippen molar-refractivity contribution in [2.75, 3.05) is 5.73 Å². The average Bonchev–Trinajstić information content (AvgIpc) is 2.66. The summed E-state index contributed by atoms with van der Waals surface area (Å²) in [5.41, 5.74) is 7.96. The maximum atomic E-state index is 6.23. The molecule has 0 saturated heterocycles. The van der Waals surface area contributed by atoms with E-state index in [4.69, 9.17) is 17.3 Å². The predicted octanol–water partition coefficient (Wildman–Crippen LogP) is 4.66. The summed E-state index contributed by atoms with van der Waals surface area (Å²) in [5, 5.41) is 0.679. The van der Waals surface area contributed by atoms with E-state index in [1.54, 1.807) is 0 Å². The molecule has 0 aliphatic carbocycles. The molecule has 0 unspecified atom stereocenters. The molecule has 0 radical (unpaired) electrons. The van der Waals surface area contributed by atoms with Crippen LogP contribution in [-0.4, -0.2) is 9.55 Å². The summed E-state index contributed by atoms with van der Waals surface area (Å²) >= 11 is 9.58. The van der Waals surface area contributed by atoms with Gasteiger partial charge in [0.2, 0.25) is 0 Å². The molecule has 3 nitrogen and oxygen atoms in total. The molecule has 0 saturated carbocycles. The lowest BCUT2D eigenvalue weighted by atomic mass is 10.1. The fourth-order valence-corrected chi connectivity index (χ4v) is 2.66. The van der Waals surface area contributed by atoms with Crippen molar-refractivity contribution in [2.45, 2.75) is 33.2 Å². The number of hydrogen-bond donors (Lipinski definition) is 1. The van der Waals surface area contributed by atoms with Crippen LogP contribution in [0.5, 0.6) is 0 Å². The molecule has 0 fully saturated rings. The first-order valence-corrected chi connectivity index (χ1v) is 7.49. The summed E-state index contributed by atoms with van der Waals surface area (Å²) in [6.45, 7) is 5.05. The average molecular weight is 343 g/mol. The number of halogens is 2. The number of aryl methyl sites for hydroxylation is 1. The molecular weight excluding hydrogens is 326 g/mol. The normalized spacial score (nSPS) is 10.9. The van der Waals surface area contributed by atoms with E-state index in [1.807, 2.05) is 25.1 Å². The van der Waals surface area contributed by atoms with Crippen LogP contribution >= 0.6 is 27.5 Å². The Hall–Kier alpha value is -1.00. The van der Waals surface area contributed by atoms with Crippen LogP contribution in [0.4, 0.5) is 5.82 Å². The number of nitrogens with zero attached hydrogens (tertiary/aromatic N) is 2. The van der Waals surface area contributed by atoms with Gasteiger partial charge in [-0.25, -0.2) is 4.98 Å². The number of hydrogen-bond acceptors (Lipinski definition) is 2. The number of rotatable bonds is 4. The topological polar surface area (TPSA) is 43.8 Å². The highest BCUT2D eigenvalue weighted by Crippen LogP contribution is 2.34. The van der Waals surface area contributed by atoms with Gasteiger partial charge in [-0.2, -0.15) is 0 Å². The molecule has 2 aromatic rings. The number of nitrogen functional groups attached to an aromatic ring is 1. The molecule has 5 heteroatoms. The summed E-state index contributed by atoms with van der Waals surface area (Å²) in [4.78, 5) is 4.58. The highest BCUT2D eigenvalue weighted by Gasteiger charge is 2.15. The minimum absolute atomic E-state index is 0.679. The minimum atomic E-state index is 0.679. The van der Waals surface area contributed by atoms with Crippen LogP contribution in [0.1, 0.15) is 25.6 Å². The Labute approximate surface area is 126 Å². The summed E-state index contributed by atoms with van der Waals surface area (Å²) < 4.78 is 3.01. The smallest absolute Gasteiger partial charge is 0.131 e. The Morgan fingerprint density at radius 3 is 2.84 bits per heavy atom. The van der Waals surface area contributed by atoms with Crippen molar-refractivity contribution in [1.29, 1.82) is 0 Å². The number of nitrogens with two attached hydrogens (primary N) is 1. The van der Waals surface area contributed by atoms with Gasteiger partial charge in [0.25, 0.3) is 0 Å². The predicted molar refractivity (Wildman–Crippen MR) is 84.4 cm³/mol. The molecular formula is C14H17BrClN3. The van der Waals surface area contributed by atoms with E-state index in [1.165, 1.54) is 0 Å². The molecule has 0 bridgehead atoms. The van der Waals surface area contributed by atoms with Crippen molar-refractivity contribution in [1.82, 2.24) is 9.55 Å². The van der Waals surface area contributed by atoms with Gasteiger partial charge >= 0.3 is 0 Å². The van der Waals surface area contributed by atoms with Gasteiger partial charge in [0.15, 0.2) is 0 Å². The Balaban J connectivity index is 2.48. The molecule has 0 atom stereocenters. The molecule has 1 aromatic carbocycles. The molecule has 0 aliphatic heterocycles. The lowest BCUT2D eigenvalue weighted by Crippen LogP contribution is -2.05. The van der Waals surface area contributed by atoms with E-state index in [9.17, 15) is 0 Å². The van der Waals surface area contributed by atoms with Crippen molar-refractivity contribution in [3.63, 3.8) is 0 Å². The van der Waals surface area contributed by atoms with Crippen LogP contribution in [0.25, 0.3) is 11.3 Å². The third-order valence-electron chi connectivity index (χ3n) is 3.12. The molecule has 1 aromatic heterocycles. The number of aromatic nitrogens is 2. The van der Waals surface area contributed by atoms with E-state index in [-0.39, 0.29) is 0 Å². The van der Waals surface area contributed by atoms with Gasteiger partial charge in [-0.1, -0.05) is 40.9 Å². The SMILES string of the molecule is CCCCn1c(C)nc(-c2cc(Cl)ccc2Br)c1N. The molecule has 2 rings (SSSR count). The van der Waals surface area contributed by atoms with E-state index < -0.39 is 0 Å². The van der Waals surface area contributed by atoms with Gasteiger partial charge in [-0.3, -0.25) is 0 Å². The Morgan fingerprint density at radius 2 is 2.16 bits per heavy atom. The largest absolute Gasteiger partial charge is 0.383 e. The van der Waals surface area contributed by atoms with Crippen molar-refractivity contribution in [3.8, 4) is 11.3 Å². The second-order valence-electron chi connectivity index (χ2n) is 4.52. The van der Waals surface area contributed by atoms with E-state index >= 15 is 0 Å². The van der Waals surface area contributed by atoms with Crippen molar-refractivity contribution in [2.24, 2.45) is 0 Å². The van der Waals surface area contributed by atoms with Gasteiger partial charge in [-0.05, 0) is 31.5 Å². The highest BCUT2D eigenvalue weighted by atomic mass is 79.9. The van der Waals surface area contributed by atoms with Gasteiger partial charge in [0, 0.05) is 21.6 Å². The van der Waals surface area contributed by atoms with Crippen LogP contribution < -0.4 is 5.73 Å². The maximum absolute atomic E-state index is 6.23. The molecule has 0 aliphatic rings. The monoisotopic (exact) mass is 341 g/mol. The second kappa shape index (κ2) is 5.97. The summed E-state index contributed by atoms with van der Waals surface area (Å²) in [6.07, 6.45) is 2.23. The minimum Gasteiger partial charge on any atom is -0.383 e. The van der Waals surface area contributed by atoms with Gasteiger partial charge < -0.3 is 10.3 Å². The Morgan fingerprint density at radius 1 is 1.42 bits per heavy atom. The molecule has 1 heterocycles. The van der Waals surface area contributed by atoms with Gasteiger partial charge in [0.1, 0.15) is 17.3 Å². The summed E-state index contributed by atoms with van der Waals surface area (Å²) in [6, 6.07) is 5.64. The zero-order valence-corrected chi connectivity index (χ0v) is 13.4. The zero-order chi connectivity index (χ0) is 14.0. The second-order valence-corrected chi connectivity index (χ2v) is 5.81. The molecule has 0 amide bonds. The lowest BCUT2D eigenvalue weighted by molar-refractivity contribution is 0.622. The summed E-state index contributed by atoms with van der Waals surface area (Å²) in [5.74, 6) is 1.64. The maximum Gasteiger partial charge on any atom is 0.131 e. The van der Waals surface area contributed by atoms with Gasteiger partial charge in [-0.15, -0.1) is 0 Å². The van der Waals surface area contributed by atoms with Crippen LogP contribution in [0.15, 0.2) is 22.7 Å². The number of anilines is 1. The van der Waals surface area contributed by atoms with Crippen LogP contribution in [0, 0.1) is 6.92 Å². The third-order valence-corrected chi connectivity index (χ3v) is 4.04. The third kappa shape index (κ3) is 2.95. The lowest BCUT2D eigenvalue weighted by Gasteiger charge is -2.07. The first-order chi connectivity index (χ1) is 9.04. The Kier molecular flexibility index (Phi) is 4.53. The molecule has 2 N–H and O–H groups in total. The van der Waals surface area contributed by atoms with E-state index in [0.717, 1.165) is 40.9 Å². The summed E-state index contributed by atoms with van der Waals surface area (Å²) in [7, 11) is 0. The quantitative estimate of drug-likeness (QED) is 0.878. The molecule has 19 heavy (non-hydrogen) atoms. The van der Waals surface area contributed by atoms with Gasteiger partial charge in [0.05, 0.1) is 0 Å². The highest BCUT2D eigenvalue weighted by molar-refractivity contribution is 9.10. The van der Waals surface area contributed by atoms with Crippen molar-refractivity contribution in [3.05, 3.63) is 33.5 Å². The zero-order valence-electron chi connectivity index (χ0n) is 11.1. The Bertz CT molecular complexity index is 593. The van der Waals surface area contributed by atoms with Crippen LogP contribution in [0.2, 0.25) is 5.02 Å². The van der Waals surface area contributed by atoms with E-state index in [0.29, 0.717) is 10.8 Å². The molecule has 0 spiro atoms. The number of imidazole rings is 1. The fourth-order valence-electron chi connectivity index (χ4n) is 2.06. The fraction of sp³-hybridized carbons (Fsp3) is 0.357.